The minimum Gasteiger partial charge on any atom is -0.443 e. The van der Waals surface area contributed by atoms with E-state index >= 15 is 0 Å². The van der Waals surface area contributed by atoms with Crippen molar-refractivity contribution in [2.45, 2.75) is 58.4 Å². The molecule has 0 aliphatic rings. The first-order valence-electron chi connectivity index (χ1n) is 5.71. The third-order valence-electron chi connectivity index (χ3n) is 1.78. The van der Waals surface area contributed by atoms with Crippen LogP contribution in [0, 0.1) is 5.41 Å². The molecule has 3 nitrogen and oxygen atoms in total. The second-order valence-electron chi connectivity index (χ2n) is 6.39. The van der Waals surface area contributed by atoms with E-state index in [4.69, 9.17) is 4.74 Å². The molecule has 0 aliphatic heterocycles. The third-order valence-corrected chi connectivity index (χ3v) is 2.98. The molecule has 5 heteroatoms. The lowest BCUT2D eigenvalue weighted by Gasteiger charge is -2.27. The Bertz CT molecular complexity index is 256. The SMILES string of the molecule is CC(C)(C)CC(Br)CN(Br)C(=O)OC(C)(C)C. The van der Waals surface area contributed by atoms with Gasteiger partial charge < -0.3 is 4.74 Å². The minimum absolute atomic E-state index is 0.232. The highest BCUT2D eigenvalue weighted by Crippen LogP contribution is 2.26. The van der Waals surface area contributed by atoms with Crippen LogP contribution in [-0.4, -0.2) is 27.0 Å². The highest BCUT2D eigenvalue weighted by Gasteiger charge is 2.24. The molecule has 1 unspecified atom stereocenters. The average molecular weight is 373 g/mol. The molecule has 17 heavy (non-hydrogen) atoms. The van der Waals surface area contributed by atoms with Crippen molar-refractivity contribution in [2.24, 2.45) is 5.41 Å². The van der Waals surface area contributed by atoms with E-state index in [-0.39, 0.29) is 16.3 Å². The molecule has 0 aromatic carbocycles. The first-order valence-corrected chi connectivity index (χ1v) is 7.33. The van der Waals surface area contributed by atoms with Crippen LogP contribution >= 0.6 is 32.1 Å². The topological polar surface area (TPSA) is 29.5 Å². The number of halogens is 2. The maximum atomic E-state index is 11.7. The van der Waals surface area contributed by atoms with Gasteiger partial charge in [-0.1, -0.05) is 36.7 Å². The van der Waals surface area contributed by atoms with Gasteiger partial charge >= 0.3 is 6.09 Å². The molecule has 0 N–H and O–H groups in total. The summed E-state index contributed by atoms with van der Waals surface area (Å²) in [6.07, 6.45) is 0.633. The predicted octanol–water partition coefficient (Wildman–Crippen LogP) is 4.73. The van der Waals surface area contributed by atoms with Gasteiger partial charge in [0, 0.05) is 11.4 Å². The van der Waals surface area contributed by atoms with Crippen molar-refractivity contribution in [3.05, 3.63) is 0 Å². The molecule has 0 radical (unpaired) electrons. The molecule has 0 bridgehead atoms. The summed E-state index contributed by atoms with van der Waals surface area (Å²) < 4.78 is 6.68. The summed E-state index contributed by atoms with van der Waals surface area (Å²) in [5, 5.41) is 0. The Balaban J connectivity index is 4.17. The maximum absolute atomic E-state index is 11.7. The predicted molar refractivity (Wildman–Crippen MR) is 78.7 cm³/mol. The second kappa shape index (κ2) is 6.41. The zero-order valence-electron chi connectivity index (χ0n) is 11.5. The zero-order valence-corrected chi connectivity index (χ0v) is 14.7. The number of hydrogen-bond donors (Lipinski definition) is 0. The van der Waals surface area contributed by atoms with Gasteiger partial charge in [0.1, 0.15) is 5.60 Å². The molecular formula is C12H23Br2NO2. The number of ether oxygens (including phenoxy) is 1. The number of rotatable bonds is 3. The lowest BCUT2D eigenvalue weighted by Crippen LogP contribution is -2.34. The summed E-state index contributed by atoms with van der Waals surface area (Å²) in [5.41, 5.74) is -0.231. The largest absolute Gasteiger partial charge is 0.443 e. The summed E-state index contributed by atoms with van der Waals surface area (Å²) in [4.78, 5) is 11.9. The van der Waals surface area contributed by atoms with Gasteiger partial charge in [-0.3, -0.25) is 0 Å². The zero-order chi connectivity index (χ0) is 13.9. The molecule has 1 atom stereocenters. The quantitative estimate of drug-likeness (QED) is 0.529. The van der Waals surface area contributed by atoms with E-state index in [0.29, 0.717) is 6.54 Å². The van der Waals surface area contributed by atoms with Crippen molar-refractivity contribution < 1.29 is 9.53 Å². The number of alkyl halides is 1. The van der Waals surface area contributed by atoms with Gasteiger partial charge in [-0.2, -0.15) is 0 Å². The van der Waals surface area contributed by atoms with Gasteiger partial charge in [-0.05, 0) is 32.6 Å². The third kappa shape index (κ3) is 9.89. The van der Waals surface area contributed by atoms with Gasteiger partial charge in [0.25, 0.3) is 0 Å². The van der Waals surface area contributed by atoms with Crippen molar-refractivity contribution in [3.8, 4) is 0 Å². The maximum Gasteiger partial charge on any atom is 0.420 e. The van der Waals surface area contributed by atoms with Crippen LogP contribution in [0.25, 0.3) is 0 Å². The van der Waals surface area contributed by atoms with E-state index in [2.05, 4.69) is 52.8 Å². The fourth-order valence-corrected chi connectivity index (χ4v) is 3.36. The van der Waals surface area contributed by atoms with Crippen LogP contribution in [-0.2, 0) is 4.74 Å². The van der Waals surface area contributed by atoms with Crippen LogP contribution in [0.15, 0.2) is 0 Å². The second-order valence-corrected chi connectivity index (χ2v) is 8.54. The smallest absolute Gasteiger partial charge is 0.420 e. The molecule has 102 valence electrons. The van der Waals surface area contributed by atoms with Crippen molar-refractivity contribution in [2.75, 3.05) is 6.54 Å². The molecule has 0 fully saturated rings. The molecule has 0 rings (SSSR count). The molecule has 0 saturated heterocycles. The summed E-state index contributed by atoms with van der Waals surface area (Å²) in [6.45, 7) is 12.7. The Morgan fingerprint density at radius 2 is 1.71 bits per heavy atom. The summed E-state index contributed by atoms with van der Waals surface area (Å²) in [5.74, 6) is 0. The van der Waals surface area contributed by atoms with E-state index in [1.54, 1.807) is 0 Å². The Morgan fingerprint density at radius 3 is 2.06 bits per heavy atom. The Kier molecular flexibility index (Phi) is 6.50. The van der Waals surface area contributed by atoms with Crippen LogP contribution in [0.1, 0.15) is 48.0 Å². The minimum atomic E-state index is -0.463. The molecule has 0 saturated carbocycles. The standard InChI is InChI=1S/C12H23Br2NO2/c1-11(2,3)7-9(13)8-15(14)10(16)17-12(4,5)6/h9H,7-8H2,1-6H3. The molecule has 0 heterocycles. The Labute approximate surface area is 122 Å². The molecule has 0 aromatic heterocycles. The first-order chi connectivity index (χ1) is 7.41. The molecule has 0 aromatic rings. The number of hydrogen-bond acceptors (Lipinski definition) is 2. The first kappa shape index (κ1) is 17.2. The van der Waals surface area contributed by atoms with Gasteiger partial charge in [0.15, 0.2) is 0 Å². The summed E-state index contributed by atoms with van der Waals surface area (Å²) in [6, 6.07) is 0. The Morgan fingerprint density at radius 1 is 1.24 bits per heavy atom. The average Bonchev–Trinajstić information content (AvgIpc) is 1.95. The summed E-state index contributed by atoms with van der Waals surface area (Å²) >= 11 is 6.82. The van der Waals surface area contributed by atoms with Crippen molar-refractivity contribution in [1.82, 2.24) is 3.93 Å². The van der Waals surface area contributed by atoms with Crippen LogP contribution in [0.3, 0.4) is 0 Å². The highest BCUT2D eigenvalue weighted by molar-refractivity contribution is 9.09. The van der Waals surface area contributed by atoms with E-state index in [0.717, 1.165) is 6.42 Å². The summed E-state index contributed by atoms with van der Waals surface area (Å²) in [7, 11) is 0. The number of amides is 1. The van der Waals surface area contributed by atoms with Crippen LogP contribution in [0.5, 0.6) is 0 Å². The van der Waals surface area contributed by atoms with Gasteiger partial charge in [-0.25, -0.2) is 8.72 Å². The normalized spacial score (nSPS) is 14.4. The van der Waals surface area contributed by atoms with Crippen molar-refractivity contribution in [3.63, 3.8) is 0 Å². The van der Waals surface area contributed by atoms with Gasteiger partial charge in [0.2, 0.25) is 0 Å². The van der Waals surface area contributed by atoms with E-state index < -0.39 is 5.60 Å². The number of nitrogens with zero attached hydrogens (tertiary/aromatic N) is 1. The fourth-order valence-electron chi connectivity index (χ4n) is 1.29. The molecule has 0 spiro atoms. The van der Waals surface area contributed by atoms with Crippen molar-refractivity contribution >= 4 is 38.2 Å². The lowest BCUT2D eigenvalue weighted by atomic mass is 9.90. The van der Waals surface area contributed by atoms with Crippen LogP contribution in [0.2, 0.25) is 0 Å². The lowest BCUT2D eigenvalue weighted by molar-refractivity contribution is 0.0413. The van der Waals surface area contributed by atoms with Crippen molar-refractivity contribution in [1.29, 1.82) is 0 Å². The van der Waals surface area contributed by atoms with E-state index in [1.165, 1.54) is 3.93 Å². The van der Waals surface area contributed by atoms with Gasteiger partial charge in [-0.15, -0.1) is 0 Å². The number of carbonyl (C=O) groups is 1. The van der Waals surface area contributed by atoms with Crippen LogP contribution in [0.4, 0.5) is 4.79 Å². The van der Waals surface area contributed by atoms with E-state index in [1.807, 2.05) is 20.8 Å². The monoisotopic (exact) mass is 371 g/mol. The number of carbonyl (C=O) groups excluding carboxylic acids is 1. The van der Waals surface area contributed by atoms with E-state index in [9.17, 15) is 4.79 Å². The fraction of sp³-hybridized carbons (Fsp3) is 0.917. The van der Waals surface area contributed by atoms with Crippen LogP contribution < -0.4 is 0 Å². The molecule has 1 amide bonds. The molecular weight excluding hydrogens is 350 g/mol. The Hall–Kier alpha value is 0.230. The highest BCUT2D eigenvalue weighted by atomic mass is 79.9. The van der Waals surface area contributed by atoms with Gasteiger partial charge in [0.05, 0.1) is 16.1 Å². The molecule has 0 aliphatic carbocycles.